The smallest absolute Gasteiger partial charge is 0.303 e. The van der Waals surface area contributed by atoms with E-state index in [1.54, 1.807) is 18.2 Å². The third-order valence-electron chi connectivity index (χ3n) is 5.89. The van der Waals surface area contributed by atoms with E-state index in [9.17, 15) is 9.59 Å². The molecule has 0 aromatic heterocycles. The van der Waals surface area contributed by atoms with E-state index in [1.165, 1.54) is 0 Å². The van der Waals surface area contributed by atoms with Crippen molar-refractivity contribution in [2.75, 3.05) is 0 Å². The molecule has 0 fully saturated rings. The number of para-hydroxylation sites is 1. The monoisotopic (exact) mass is 487 g/mol. The molecule has 6 heteroatoms. The van der Waals surface area contributed by atoms with Crippen molar-refractivity contribution in [3.8, 4) is 5.75 Å². The SMILES string of the molecule is Cc1cccc(Cl)c1OCc1ccc(CCC(=O)O)c(C(=O)NCc2cccc3ccccc23)c1. The van der Waals surface area contributed by atoms with E-state index < -0.39 is 5.97 Å². The number of benzene rings is 4. The minimum atomic E-state index is -0.909. The lowest BCUT2D eigenvalue weighted by molar-refractivity contribution is -0.136. The molecule has 0 unspecified atom stereocenters. The molecule has 5 nitrogen and oxygen atoms in total. The number of rotatable bonds is 9. The van der Waals surface area contributed by atoms with E-state index in [0.29, 0.717) is 28.4 Å². The number of amides is 1. The maximum atomic E-state index is 13.2. The molecule has 1 amide bonds. The summed E-state index contributed by atoms with van der Waals surface area (Å²) in [4.78, 5) is 24.4. The molecule has 0 radical (unpaired) electrons. The van der Waals surface area contributed by atoms with E-state index in [1.807, 2.05) is 67.6 Å². The van der Waals surface area contributed by atoms with E-state index in [0.717, 1.165) is 27.5 Å². The van der Waals surface area contributed by atoms with Crippen molar-refractivity contribution in [3.63, 3.8) is 0 Å². The van der Waals surface area contributed by atoms with Gasteiger partial charge in [0, 0.05) is 18.5 Å². The van der Waals surface area contributed by atoms with Gasteiger partial charge in [-0.2, -0.15) is 0 Å². The van der Waals surface area contributed by atoms with Gasteiger partial charge in [-0.1, -0.05) is 78.3 Å². The molecule has 0 heterocycles. The first-order valence-electron chi connectivity index (χ1n) is 11.4. The Morgan fingerprint density at radius 3 is 2.51 bits per heavy atom. The van der Waals surface area contributed by atoms with Crippen LogP contribution in [0.5, 0.6) is 5.75 Å². The predicted molar refractivity (Wildman–Crippen MR) is 138 cm³/mol. The van der Waals surface area contributed by atoms with Gasteiger partial charge < -0.3 is 15.2 Å². The van der Waals surface area contributed by atoms with Crippen molar-refractivity contribution in [2.45, 2.75) is 32.9 Å². The molecular formula is C29H26ClNO4. The van der Waals surface area contributed by atoms with Gasteiger partial charge in [-0.05, 0) is 58.5 Å². The number of nitrogens with one attached hydrogen (secondary N) is 1. The summed E-state index contributed by atoms with van der Waals surface area (Å²) >= 11 is 6.27. The Bertz CT molecular complexity index is 1360. The first-order valence-corrected chi connectivity index (χ1v) is 11.8. The number of aliphatic carboxylic acids is 1. The fraction of sp³-hybridized carbons (Fsp3) is 0.172. The van der Waals surface area contributed by atoms with Crippen LogP contribution in [-0.2, 0) is 24.4 Å². The average molecular weight is 488 g/mol. The molecule has 0 aliphatic heterocycles. The molecule has 0 atom stereocenters. The van der Waals surface area contributed by atoms with E-state index in [4.69, 9.17) is 21.4 Å². The molecule has 178 valence electrons. The largest absolute Gasteiger partial charge is 0.487 e. The van der Waals surface area contributed by atoms with Crippen LogP contribution in [-0.4, -0.2) is 17.0 Å². The molecule has 0 saturated carbocycles. The first kappa shape index (κ1) is 24.3. The van der Waals surface area contributed by atoms with Crippen LogP contribution < -0.4 is 10.1 Å². The zero-order valence-electron chi connectivity index (χ0n) is 19.4. The van der Waals surface area contributed by atoms with Gasteiger partial charge in [0.1, 0.15) is 12.4 Å². The Kier molecular flexibility index (Phi) is 7.68. The van der Waals surface area contributed by atoms with E-state index >= 15 is 0 Å². The van der Waals surface area contributed by atoms with Crippen molar-refractivity contribution in [3.05, 3.63) is 112 Å². The van der Waals surface area contributed by atoms with Crippen molar-refractivity contribution >= 4 is 34.2 Å². The lowest BCUT2D eigenvalue weighted by Gasteiger charge is -2.14. The Hall–Kier alpha value is -3.83. The van der Waals surface area contributed by atoms with Crippen LogP contribution in [0, 0.1) is 6.92 Å². The molecule has 2 N–H and O–H groups in total. The number of carboxylic acid groups (broad SMARTS) is 1. The minimum Gasteiger partial charge on any atom is -0.487 e. The van der Waals surface area contributed by atoms with Crippen molar-refractivity contribution < 1.29 is 19.4 Å². The number of carbonyl (C=O) groups is 2. The van der Waals surface area contributed by atoms with Crippen LogP contribution in [0.2, 0.25) is 5.02 Å². The van der Waals surface area contributed by atoms with Gasteiger partial charge in [-0.15, -0.1) is 0 Å². The summed E-state index contributed by atoms with van der Waals surface area (Å²) in [6.07, 6.45) is 0.204. The van der Waals surface area contributed by atoms with Gasteiger partial charge >= 0.3 is 5.97 Å². The molecule has 0 aliphatic rings. The Labute approximate surface area is 209 Å². The molecule has 4 aromatic carbocycles. The third kappa shape index (κ3) is 6.00. The van der Waals surface area contributed by atoms with Gasteiger partial charge in [-0.25, -0.2) is 0 Å². The Morgan fingerprint density at radius 1 is 0.943 bits per heavy atom. The summed E-state index contributed by atoms with van der Waals surface area (Å²) in [5, 5.41) is 14.9. The fourth-order valence-corrected chi connectivity index (χ4v) is 4.33. The van der Waals surface area contributed by atoms with Crippen LogP contribution in [0.25, 0.3) is 10.8 Å². The first-order chi connectivity index (χ1) is 16.9. The lowest BCUT2D eigenvalue weighted by Crippen LogP contribution is -2.24. The highest BCUT2D eigenvalue weighted by atomic mass is 35.5. The lowest BCUT2D eigenvalue weighted by atomic mass is 9.99. The highest BCUT2D eigenvalue weighted by molar-refractivity contribution is 6.32. The summed E-state index contributed by atoms with van der Waals surface area (Å²) in [5.74, 6) is -0.561. The van der Waals surface area contributed by atoms with Gasteiger partial charge in [-0.3, -0.25) is 9.59 Å². The molecule has 35 heavy (non-hydrogen) atoms. The molecule has 0 spiro atoms. The van der Waals surface area contributed by atoms with Crippen LogP contribution in [0.4, 0.5) is 0 Å². The third-order valence-corrected chi connectivity index (χ3v) is 6.19. The Morgan fingerprint density at radius 2 is 1.71 bits per heavy atom. The number of carboxylic acids is 1. The topological polar surface area (TPSA) is 75.6 Å². The van der Waals surface area contributed by atoms with Gasteiger partial charge in [0.25, 0.3) is 5.91 Å². The Balaban J connectivity index is 1.55. The highest BCUT2D eigenvalue weighted by Crippen LogP contribution is 2.29. The summed E-state index contributed by atoms with van der Waals surface area (Å²) < 4.78 is 5.95. The number of halogens is 1. The van der Waals surface area contributed by atoms with Crippen molar-refractivity contribution in [1.29, 1.82) is 0 Å². The van der Waals surface area contributed by atoms with Crippen molar-refractivity contribution in [1.82, 2.24) is 5.32 Å². The zero-order valence-corrected chi connectivity index (χ0v) is 20.1. The molecule has 4 aromatic rings. The zero-order chi connectivity index (χ0) is 24.8. The fourth-order valence-electron chi connectivity index (χ4n) is 4.06. The van der Waals surface area contributed by atoms with Gasteiger partial charge in [0.15, 0.2) is 0 Å². The standard InChI is InChI=1S/C29H26ClNO4/c1-19-6-4-11-26(30)28(19)35-18-20-12-13-22(14-15-27(32)33)25(16-20)29(34)31-17-23-9-5-8-21-7-2-3-10-24(21)23/h2-13,16H,14-15,17-18H2,1H3,(H,31,34)(H,32,33). The minimum absolute atomic E-state index is 0.0573. The quantitative estimate of drug-likeness (QED) is 0.289. The second-order valence-electron chi connectivity index (χ2n) is 8.38. The normalized spacial score (nSPS) is 10.8. The number of fused-ring (bicyclic) bond motifs is 1. The highest BCUT2D eigenvalue weighted by Gasteiger charge is 2.15. The van der Waals surface area contributed by atoms with Crippen LogP contribution in [0.3, 0.4) is 0 Å². The van der Waals surface area contributed by atoms with Crippen molar-refractivity contribution in [2.24, 2.45) is 0 Å². The molecule has 4 rings (SSSR count). The second kappa shape index (κ2) is 11.1. The van der Waals surface area contributed by atoms with Crippen LogP contribution >= 0.6 is 11.6 Å². The van der Waals surface area contributed by atoms with E-state index in [2.05, 4.69) is 5.32 Å². The maximum absolute atomic E-state index is 13.2. The molecule has 0 bridgehead atoms. The summed E-state index contributed by atoms with van der Waals surface area (Å²) in [6.45, 7) is 2.51. The van der Waals surface area contributed by atoms with Gasteiger partial charge in [0.2, 0.25) is 0 Å². The number of carbonyl (C=O) groups excluding carboxylic acids is 1. The van der Waals surface area contributed by atoms with Crippen LogP contribution in [0.15, 0.2) is 78.9 Å². The molecular weight excluding hydrogens is 462 g/mol. The van der Waals surface area contributed by atoms with E-state index in [-0.39, 0.29) is 25.4 Å². The summed E-state index contributed by atoms with van der Waals surface area (Å²) in [5.41, 5.74) is 3.85. The second-order valence-corrected chi connectivity index (χ2v) is 8.79. The number of ether oxygens (including phenoxy) is 1. The molecule has 0 aliphatic carbocycles. The average Bonchev–Trinajstić information content (AvgIpc) is 2.86. The number of hydrogen-bond donors (Lipinski definition) is 2. The van der Waals surface area contributed by atoms with Crippen LogP contribution in [0.1, 0.15) is 39.0 Å². The number of hydrogen-bond acceptors (Lipinski definition) is 3. The predicted octanol–water partition coefficient (Wildman–Crippen LogP) is 6.33. The molecule has 0 saturated heterocycles. The summed E-state index contributed by atoms with van der Waals surface area (Å²) in [7, 11) is 0. The maximum Gasteiger partial charge on any atom is 0.303 e. The number of aryl methyl sites for hydroxylation is 2. The summed E-state index contributed by atoms with van der Waals surface area (Å²) in [6, 6.07) is 25.0. The van der Waals surface area contributed by atoms with Gasteiger partial charge in [0.05, 0.1) is 5.02 Å².